The Balaban J connectivity index is 2.02. The number of nitrogens with two attached hydrogens (primary N) is 1. The lowest BCUT2D eigenvalue weighted by Gasteiger charge is -2.07. The van der Waals surface area contributed by atoms with Gasteiger partial charge in [-0.25, -0.2) is 4.39 Å². The summed E-state index contributed by atoms with van der Waals surface area (Å²) in [6, 6.07) is 3.96. The standard InChI is InChI=1S/C15H16FN3O2/c16-11-4-3-10(2-1-7-17)13(8-11)15(21)18-9-14(20)19-12-5-6-12/h3-4,8,12H,5-7,9,17H2,(H,18,21)(H,19,20). The molecule has 0 bridgehead atoms. The summed E-state index contributed by atoms with van der Waals surface area (Å²) in [6.45, 7) is -0.00215. The van der Waals surface area contributed by atoms with Crippen molar-refractivity contribution < 1.29 is 14.0 Å². The van der Waals surface area contributed by atoms with Crippen molar-refractivity contribution in [3.63, 3.8) is 0 Å². The van der Waals surface area contributed by atoms with Crippen LogP contribution in [-0.4, -0.2) is 30.9 Å². The van der Waals surface area contributed by atoms with E-state index in [4.69, 9.17) is 5.73 Å². The lowest BCUT2D eigenvalue weighted by Crippen LogP contribution is -2.38. The molecule has 0 atom stereocenters. The molecule has 2 rings (SSSR count). The van der Waals surface area contributed by atoms with Crippen molar-refractivity contribution in [1.82, 2.24) is 10.6 Å². The topological polar surface area (TPSA) is 84.2 Å². The Kier molecular flexibility index (Phi) is 4.90. The third kappa shape index (κ3) is 4.58. The normalized spacial score (nSPS) is 13.0. The Morgan fingerprint density at radius 3 is 2.81 bits per heavy atom. The quantitative estimate of drug-likeness (QED) is 0.690. The average Bonchev–Trinajstić information content (AvgIpc) is 3.27. The number of hydrogen-bond acceptors (Lipinski definition) is 3. The highest BCUT2D eigenvalue weighted by molar-refractivity contribution is 5.98. The van der Waals surface area contributed by atoms with Gasteiger partial charge >= 0.3 is 0 Å². The molecule has 1 aliphatic carbocycles. The van der Waals surface area contributed by atoms with Crippen LogP contribution < -0.4 is 16.4 Å². The number of amides is 2. The average molecular weight is 289 g/mol. The number of benzene rings is 1. The zero-order valence-corrected chi connectivity index (χ0v) is 11.4. The third-order valence-electron chi connectivity index (χ3n) is 2.90. The maximum absolute atomic E-state index is 13.3. The van der Waals surface area contributed by atoms with E-state index in [0.717, 1.165) is 18.9 Å². The van der Waals surface area contributed by atoms with Gasteiger partial charge in [-0.15, -0.1) is 0 Å². The predicted molar refractivity (Wildman–Crippen MR) is 75.8 cm³/mol. The van der Waals surface area contributed by atoms with Gasteiger partial charge < -0.3 is 16.4 Å². The number of halogens is 1. The van der Waals surface area contributed by atoms with E-state index in [1.54, 1.807) is 0 Å². The number of carbonyl (C=O) groups excluding carboxylic acids is 2. The largest absolute Gasteiger partial charge is 0.352 e. The van der Waals surface area contributed by atoms with E-state index in [9.17, 15) is 14.0 Å². The molecule has 0 heterocycles. The van der Waals surface area contributed by atoms with Crippen LogP contribution in [0.4, 0.5) is 4.39 Å². The predicted octanol–water partition coefficient (Wildman–Crippen LogP) is 0.144. The Morgan fingerprint density at radius 1 is 1.38 bits per heavy atom. The fourth-order valence-electron chi connectivity index (χ4n) is 1.72. The highest BCUT2D eigenvalue weighted by Crippen LogP contribution is 2.18. The van der Waals surface area contributed by atoms with Crippen LogP contribution in [0.25, 0.3) is 0 Å². The van der Waals surface area contributed by atoms with Crippen LogP contribution in [0.5, 0.6) is 0 Å². The second-order valence-corrected chi connectivity index (χ2v) is 4.72. The number of rotatable bonds is 4. The van der Waals surface area contributed by atoms with Gasteiger partial charge in [-0.05, 0) is 31.0 Å². The second kappa shape index (κ2) is 6.86. The molecule has 0 saturated heterocycles. The molecule has 0 aromatic heterocycles. The lowest BCUT2D eigenvalue weighted by molar-refractivity contribution is -0.120. The Bertz CT molecular complexity index is 615. The monoisotopic (exact) mass is 289 g/mol. The van der Waals surface area contributed by atoms with Crippen LogP contribution in [0.15, 0.2) is 18.2 Å². The Hall–Kier alpha value is -2.39. The van der Waals surface area contributed by atoms with Crippen molar-refractivity contribution in [3.8, 4) is 11.8 Å². The Labute approximate surface area is 122 Å². The summed E-state index contributed by atoms with van der Waals surface area (Å²) in [5.74, 6) is 3.99. The molecule has 110 valence electrons. The van der Waals surface area contributed by atoms with Crippen molar-refractivity contribution in [3.05, 3.63) is 35.1 Å². The molecule has 1 aromatic rings. The first-order chi connectivity index (χ1) is 10.1. The van der Waals surface area contributed by atoms with Crippen LogP contribution in [0.3, 0.4) is 0 Å². The molecular formula is C15H16FN3O2. The van der Waals surface area contributed by atoms with Crippen LogP contribution in [0, 0.1) is 17.7 Å². The zero-order valence-electron chi connectivity index (χ0n) is 11.4. The van der Waals surface area contributed by atoms with Gasteiger partial charge in [-0.3, -0.25) is 9.59 Å². The van der Waals surface area contributed by atoms with Gasteiger partial charge in [0.25, 0.3) is 5.91 Å². The van der Waals surface area contributed by atoms with Gasteiger partial charge in [-0.2, -0.15) is 0 Å². The molecule has 4 N–H and O–H groups in total. The first-order valence-electron chi connectivity index (χ1n) is 6.66. The number of hydrogen-bond donors (Lipinski definition) is 3. The molecule has 1 aliphatic rings. The summed E-state index contributed by atoms with van der Waals surface area (Å²) in [7, 11) is 0. The van der Waals surface area contributed by atoms with E-state index in [1.807, 2.05) is 0 Å². The van der Waals surface area contributed by atoms with Crippen molar-refractivity contribution in [2.45, 2.75) is 18.9 Å². The molecule has 1 saturated carbocycles. The number of carbonyl (C=O) groups is 2. The minimum atomic E-state index is -0.541. The van der Waals surface area contributed by atoms with Crippen LogP contribution in [0.1, 0.15) is 28.8 Å². The molecule has 21 heavy (non-hydrogen) atoms. The maximum Gasteiger partial charge on any atom is 0.253 e. The fraction of sp³-hybridized carbons (Fsp3) is 0.333. The first kappa shape index (κ1) is 15.0. The van der Waals surface area contributed by atoms with E-state index in [0.29, 0.717) is 5.56 Å². The van der Waals surface area contributed by atoms with Crippen LogP contribution in [-0.2, 0) is 4.79 Å². The molecule has 0 aliphatic heterocycles. The molecule has 2 amide bonds. The lowest BCUT2D eigenvalue weighted by atomic mass is 10.1. The maximum atomic E-state index is 13.3. The molecule has 0 radical (unpaired) electrons. The van der Waals surface area contributed by atoms with Gasteiger partial charge in [0.2, 0.25) is 5.91 Å². The second-order valence-electron chi connectivity index (χ2n) is 4.72. The fourth-order valence-corrected chi connectivity index (χ4v) is 1.72. The van der Waals surface area contributed by atoms with Crippen molar-refractivity contribution in [1.29, 1.82) is 0 Å². The van der Waals surface area contributed by atoms with E-state index >= 15 is 0 Å². The third-order valence-corrected chi connectivity index (χ3v) is 2.90. The highest BCUT2D eigenvalue weighted by Gasteiger charge is 2.23. The highest BCUT2D eigenvalue weighted by atomic mass is 19.1. The van der Waals surface area contributed by atoms with E-state index < -0.39 is 11.7 Å². The summed E-state index contributed by atoms with van der Waals surface area (Å²) in [5, 5.41) is 5.21. The van der Waals surface area contributed by atoms with Crippen LogP contribution in [0.2, 0.25) is 0 Å². The summed E-state index contributed by atoms with van der Waals surface area (Å²) >= 11 is 0. The summed E-state index contributed by atoms with van der Waals surface area (Å²) < 4.78 is 13.3. The van der Waals surface area contributed by atoms with Crippen molar-refractivity contribution >= 4 is 11.8 Å². The molecule has 6 heteroatoms. The van der Waals surface area contributed by atoms with Gasteiger partial charge in [0, 0.05) is 11.6 Å². The molecular weight excluding hydrogens is 273 g/mol. The molecule has 0 unspecified atom stereocenters. The summed E-state index contributed by atoms with van der Waals surface area (Å²) in [4.78, 5) is 23.5. The van der Waals surface area contributed by atoms with Crippen LogP contribution >= 0.6 is 0 Å². The van der Waals surface area contributed by atoms with Crippen molar-refractivity contribution in [2.75, 3.05) is 13.1 Å². The minimum absolute atomic E-state index is 0.0928. The molecule has 5 nitrogen and oxygen atoms in total. The molecule has 0 spiro atoms. The van der Waals surface area contributed by atoms with Gasteiger partial charge in [0.15, 0.2) is 0 Å². The summed E-state index contributed by atoms with van der Waals surface area (Å²) in [5.41, 5.74) is 5.75. The van der Waals surface area contributed by atoms with Gasteiger partial charge in [0.1, 0.15) is 5.82 Å². The Morgan fingerprint density at radius 2 is 2.14 bits per heavy atom. The van der Waals surface area contributed by atoms with E-state index in [2.05, 4.69) is 22.5 Å². The van der Waals surface area contributed by atoms with E-state index in [-0.39, 0.29) is 30.6 Å². The summed E-state index contributed by atoms with van der Waals surface area (Å²) in [6.07, 6.45) is 1.95. The SMILES string of the molecule is NCC#Cc1ccc(F)cc1C(=O)NCC(=O)NC1CC1. The van der Waals surface area contributed by atoms with Gasteiger partial charge in [-0.1, -0.05) is 11.8 Å². The van der Waals surface area contributed by atoms with Crippen molar-refractivity contribution in [2.24, 2.45) is 5.73 Å². The van der Waals surface area contributed by atoms with E-state index in [1.165, 1.54) is 12.1 Å². The first-order valence-corrected chi connectivity index (χ1v) is 6.66. The minimum Gasteiger partial charge on any atom is -0.352 e. The number of nitrogens with one attached hydrogen (secondary N) is 2. The zero-order chi connectivity index (χ0) is 15.2. The molecule has 1 fully saturated rings. The smallest absolute Gasteiger partial charge is 0.253 e. The molecule has 1 aromatic carbocycles. The van der Waals surface area contributed by atoms with Gasteiger partial charge in [0.05, 0.1) is 18.7 Å².